The summed E-state index contributed by atoms with van der Waals surface area (Å²) < 4.78 is 41.0. The van der Waals surface area contributed by atoms with E-state index in [4.69, 9.17) is 0 Å². The number of sulfonamides is 1. The highest BCUT2D eigenvalue weighted by Gasteiger charge is 2.29. The maximum atomic E-state index is 13.8. The Kier molecular flexibility index (Phi) is 5.69. The molecular formula is C22H25FN2O3S. The van der Waals surface area contributed by atoms with E-state index < -0.39 is 10.0 Å². The number of halogens is 1. The van der Waals surface area contributed by atoms with Gasteiger partial charge < -0.3 is 4.90 Å². The van der Waals surface area contributed by atoms with Gasteiger partial charge in [-0.1, -0.05) is 18.2 Å². The number of anilines is 1. The number of carbonyl (C=O) groups excluding carboxylic acids is 1. The number of benzene rings is 2. The predicted octanol–water partition coefficient (Wildman–Crippen LogP) is 3.52. The van der Waals surface area contributed by atoms with Crippen molar-refractivity contribution >= 4 is 21.6 Å². The van der Waals surface area contributed by atoms with Crippen molar-refractivity contribution in [2.24, 2.45) is 0 Å². The van der Waals surface area contributed by atoms with Crippen molar-refractivity contribution in [2.75, 3.05) is 24.5 Å². The van der Waals surface area contributed by atoms with Crippen LogP contribution < -0.4 is 4.90 Å². The molecule has 5 nitrogen and oxygen atoms in total. The molecule has 2 aromatic rings. The average Bonchev–Trinajstić information content (AvgIpc) is 3.28. The zero-order chi connectivity index (χ0) is 20.4. The summed E-state index contributed by atoms with van der Waals surface area (Å²) in [6, 6.07) is 11.6. The van der Waals surface area contributed by atoms with Crippen molar-refractivity contribution in [2.45, 2.75) is 43.4 Å². The fourth-order valence-electron chi connectivity index (χ4n) is 4.15. The van der Waals surface area contributed by atoms with Crippen molar-refractivity contribution in [3.63, 3.8) is 0 Å². The molecule has 0 spiro atoms. The highest BCUT2D eigenvalue weighted by molar-refractivity contribution is 7.89. The summed E-state index contributed by atoms with van der Waals surface area (Å²) in [5.74, 6) is -0.361. The molecule has 2 aromatic carbocycles. The van der Waals surface area contributed by atoms with Crippen LogP contribution in [-0.2, 0) is 27.7 Å². The summed E-state index contributed by atoms with van der Waals surface area (Å²) in [5.41, 5.74) is 2.19. The van der Waals surface area contributed by atoms with Crippen molar-refractivity contribution in [1.82, 2.24) is 4.31 Å². The predicted molar refractivity (Wildman–Crippen MR) is 110 cm³/mol. The topological polar surface area (TPSA) is 57.7 Å². The molecule has 154 valence electrons. The van der Waals surface area contributed by atoms with Gasteiger partial charge in [0, 0.05) is 31.7 Å². The zero-order valence-electron chi connectivity index (χ0n) is 16.3. The van der Waals surface area contributed by atoms with E-state index in [1.54, 1.807) is 41.3 Å². The Hall–Kier alpha value is -2.25. The van der Waals surface area contributed by atoms with Crippen LogP contribution in [0.4, 0.5) is 10.1 Å². The van der Waals surface area contributed by atoms with Gasteiger partial charge in [0.25, 0.3) is 0 Å². The molecule has 0 unspecified atom stereocenters. The second-order valence-electron chi connectivity index (χ2n) is 7.64. The number of rotatable bonds is 5. The first-order valence-electron chi connectivity index (χ1n) is 10.1. The summed E-state index contributed by atoms with van der Waals surface area (Å²) in [6.07, 6.45) is 3.89. The molecule has 0 atom stereocenters. The molecule has 1 fully saturated rings. The Labute approximate surface area is 171 Å². The monoisotopic (exact) mass is 416 g/mol. The van der Waals surface area contributed by atoms with E-state index in [2.05, 4.69) is 0 Å². The van der Waals surface area contributed by atoms with Crippen LogP contribution in [0.2, 0.25) is 0 Å². The molecule has 29 heavy (non-hydrogen) atoms. The number of carbonyl (C=O) groups is 1. The van der Waals surface area contributed by atoms with Crippen LogP contribution in [-0.4, -0.2) is 38.3 Å². The maximum absolute atomic E-state index is 13.8. The molecule has 0 aromatic heterocycles. The van der Waals surface area contributed by atoms with E-state index in [0.717, 1.165) is 36.9 Å². The summed E-state index contributed by atoms with van der Waals surface area (Å²) in [5, 5.41) is 0. The van der Waals surface area contributed by atoms with Gasteiger partial charge in [-0.3, -0.25) is 4.79 Å². The SMILES string of the molecule is O=C(CCc1ccccc1F)N1CCCc2cc(S(=O)(=O)N3CCCC3)ccc21. The van der Waals surface area contributed by atoms with Gasteiger partial charge in [0.1, 0.15) is 5.82 Å². The van der Waals surface area contributed by atoms with Crippen molar-refractivity contribution in [3.05, 3.63) is 59.4 Å². The molecule has 1 amide bonds. The Morgan fingerprint density at radius 3 is 2.52 bits per heavy atom. The minimum absolute atomic E-state index is 0.0654. The minimum Gasteiger partial charge on any atom is -0.312 e. The number of hydrogen-bond acceptors (Lipinski definition) is 3. The van der Waals surface area contributed by atoms with E-state index in [0.29, 0.717) is 36.5 Å². The molecule has 2 aliphatic rings. The zero-order valence-corrected chi connectivity index (χ0v) is 17.1. The van der Waals surface area contributed by atoms with E-state index in [-0.39, 0.29) is 18.1 Å². The molecule has 0 bridgehead atoms. The molecule has 2 heterocycles. The van der Waals surface area contributed by atoms with Gasteiger partial charge in [-0.25, -0.2) is 12.8 Å². The average molecular weight is 417 g/mol. The van der Waals surface area contributed by atoms with Gasteiger partial charge >= 0.3 is 0 Å². The fourth-order valence-corrected chi connectivity index (χ4v) is 5.72. The quantitative estimate of drug-likeness (QED) is 0.749. The first kappa shape index (κ1) is 20.0. The summed E-state index contributed by atoms with van der Waals surface area (Å²) in [6.45, 7) is 1.74. The van der Waals surface area contributed by atoms with Crippen molar-refractivity contribution in [1.29, 1.82) is 0 Å². The van der Waals surface area contributed by atoms with Gasteiger partial charge in [-0.05, 0) is 67.5 Å². The molecular weight excluding hydrogens is 391 g/mol. The maximum Gasteiger partial charge on any atom is 0.243 e. The summed E-state index contributed by atoms with van der Waals surface area (Å²) >= 11 is 0. The Morgan fingerprint density at radius 1 is 1.00 bits per heavy atom. The molecule has 1 saturated heterocycles. The van der Waals surface area contributed by atoms with Crippen LogP contribution in [0, 0.1) is 5.82 Å². The molecule has 0 radical (unpaired) electrons. The molecule has 4 rings (SSSR count). The molecule has 2 aliphatic heterocycles. The molecule has 0 N–H and O–H groups in total. The van der Waals surface area contributed by atoms with E-state index in [9.17, 15) is 17.6 Å². The van der Waals surface area contributed by atoms with Gasteiger partial charge in [0.2, 0.25) is 15.9 Å². The second kappa shape index (κ2) is 8.24. The first-order valence-corrected chi connectivity index (χ1v) is 11.6. The molecule has 0 saturated carbocycles. The third kappa shape index (κ3) is 4.07. The first-order chi connectivity index (χ1) is 14.0. The third-order valence-electron chi connectivity index (χ3n) is 5.74. The molecule has 7 heteroatoms. The van der Waals surface area contributed by atoms with Crippen LogP contribution in [0.1, 0.15) is 36.8 Å². The number of fused-ring (bicyclic) bond motifs is 1. The number of amides is 1. The Bertz CT molecular complexity index is 1020. The van der Waals surface area contributed by atoms with Crippen LogP contribution in [0.15, 0.2) is 47.4 Å². The normalized spacial score (nSPS) is 17.3. The van der Waals surface area contributed by atoms with Gasteiger partial charge in [0.05, 0.1) is 4.90 Å². The standard InChI is InChI=1S/C22H25FN2O3S/c23-20-8-2-1-6-17(20)9-12-22(26)25-15-5-7-18-16-19(10-11-21(18)25)29(27,28)24-13-3-4-14-24/h1-2,6,8,10-11,16H,3-5,7,9,12-15H2. The highest BCUT2D eigenvalue weighted by atomic mass is 32.2. The van der Waals surface area contributed by atoms with E-state index in [1.807, 2.05) is 0 Å². The summed E-state index contributed by atoms with van der Waals surface area (Å²) in [4.78, 5) is 14.8. The summed E-state index contributed by atoms with van der Waals surface area (Å²) in [7, 11) is -3.47. The fraction of sp³-hybridized carbons (Fsp3) is 0.409. The largest absolute Gasteiger partial charge is 0.312 e. The number of hydrogen-bond donors (Lipinski definition) is 0. The molecule has 0 aliphatic carbocycles. The number of aryl methyl sites for hydroxylation is 2. The Morgan fingerprint density at radius 2 is 1.76 bits per heavy atom. The highest BCUT2D eigenvalue weighted by Crippen LogP contribution is 2.31. The second-order valence-corrected chi connectivity index (χ2v) is 9.58. The Balaban J connectivity index is 1.52. The van der Waals surface area contributed by atoms with Crippen molar-refractivity contribution < 1.29 is 17.6 Å². The van der Waals surface area contributed by atoms with E-state index in [1.165, 1.54) is 10.4 Å². The van der Waals surface area contributed by atoms with Crippen LogP contribution >= 0.6 is 0 Å². The van der Waals surface area contributed by atoms with Crippen LogP contribution in [0.5, 0.6) is 0 Å². The van der Waals surface area contributed by atoms with E-state index >= 15 is 0 Å². The minimum atomic E-state index is -3.47. The lowest BCUT2D eigenvalue weighted by Gasteiger charge is -2.30. The number of nitrogens with zero attached hydrogens (tertiary/aromatic N) is 2. The van der Waals surface area contributed by atoms with Gasteiger partial charge in [0.15, 0.2) is 0 Å². The van der Waals surface area contributed by atoms with Gasteiger partial charge in [-0.2, -0.15) is 4.31 Å². The lowest BCUT2D eigenvalue weighted by atomic mass is 10.0. The van der Waals surface area contributed by atoms with Crippen LogP contribution in [0.3, 0.4) is 0 Å². The lowest BCUT2D eigenvalue weighted by Crippen LogP contribution is -2.36. The van der Waals surface area contributed by atoms with Crippen molar-refractivity contribution in [3.8, 4) is 0 Å². The van der Waals surface area contributed by atoms with Gasteiger partial charge in [-0.15, -0.1) is 0 Å². The lowest BCUT2D eigenvalue weighted by molar-refractivity contribution is -0.118. The smallest absolute Gasteiger partial charge is 0.243 e. The third-order valence-corrected chi connectivity index (χ3v) is 7.63. The van der Waals surface area contributed by atoms with Crippen LogP contribution in [0.25, 0.3) is 0 Å².